The molecule has 30 heavy (non-hydrogen) atoms. The number of benzene rings is 2. The second-order valence-corrected chi connectivity index (χ2v) is 10.3. The van der Waals surface area contributed by atoms with E-state index in [4.69, 9.17) is 4.74 Å². The minimum absolute atomic E-state index is 0.125. The summed E-state index contributed by atoms with van der Waals surface area (Å²) in [6.45, 7) is 5.65. The van der Waals surface area contributed by atoms with Gasteiger partial charge in [0.25, 0.3) is 14.4 Å². The number of carbonyl (C=O) groups excluding carboxylic acids is 1. The minimum atomic E-state index is -3.93. The number of hydrogen-bond donors (Lipinski definition) is 2. The number of hydrogen-bond acceptors (Lipinski definition) is 7. The predicted molar refractivity (Wildman–Crippen MR) is 116 cm³/mol. The van der Waals surface area contributed by atoms with Crippen LogP contribution in [0.5, 0.6) is 5.75 Å². The molecule has 0 bridgehead atoms. The van der Waals surface area contributed by atoms with E-state index in [2.05, 4.69) is 20.2 Å². The largest absolute Gasteiger partial charge is 0.489 e. The number of rotatable bonds is 7. The fraction of sp³-hybridized carbons (Fsp3) is 0.250. The summed E-state index contributed by atoms with van der Waals surface area (Å²) in [5.41, 5.74) is 0.762. The molecule has 0 fully saturated rings. The second kappa shape index (κ2) is 8.80. The van der Waals surface area contributed by atoms with E-state index in [0.717, 1.165) is 16.9 Å². The lowest BCUT2D eigenvalue weighted by molar-refractivity contribution is -0.123. The fourth-order valence-electron chi connectivity index (χ4n) is 2.21. The first-order chi connectivity index (χ1) is 14.1. The smallest absolute Gasteiger partial charge is 0.291 e. The lowest BCUT2D eigenvalue weighted by Crippen LogP contribution is -2.27. The molecule has 0 saturated carbocycles. The van der Waals surface area contributed by atoms with Gasteiger partial charge in [0.15, 0.2) is 0 Å². The average molecular weight is 447 g/mol. The average Bonchev–Trinajstić information content (AvgIpc) is 3.17. The van der Waals surface area contributed by atoms with E-state index < -0.39 is 15.4 Å². The molecule has 0 radical (unpaired) electrons. The Hall–Kier alpha value is -2.98. The Morgan fingerprint density at radius 2 is 1.70 bits per heavy atom. The third-order valence-electron chi connectivity index (χ3n) is 3.89. The minimum Gasteiger partial charge on any atom is -0.489 e. The van der Waals surface area contributed by atoms with E-state index in [1.807, 2.05) is 30.3 Å². The summed E-state index contributed by atoms with van der Waals surface area (Å²) in [6, 6.07) is 16.3. The molecule has 0 aliphatic heterocycles. The van der Waals surface area contributed by atoms with Crippen molar-refractivity contribution < 1.29 is 17.9 Å². The first kappa shape index (κ1) is 21.7. The molecule has 0 saturated heterocycles. The van der Waals surface area contributed by atoms with Crippen LogP contribution in [-0.2, 0) is 21.4 Å². The topological polar surface area (TPSA) is 110 Å². The highest BCUT2D eigenvalue weighted by Gasteiger charge is 2.25. The van der Waals surface area contributed by atoms with Crippen molar-refractivity contribution in [1.29, 1.82) is 0 Å². The van der Waals surface area contributed by atoms with Gasteiger partial charge in [0.1, 0.15) is 12.4 Å². The Labute approximate surface area is 179 Å². The molecule has 1 aromatic heterocycles. The normalized spacial score (nSPS) is 11.7. The summed E-state index contributed by atoms with van der Waals surface area (Å²) in [6.07, 6.45) is 0. The van der Waals surface area contributed by atoms with Crippen molar-refractivity contribution in [2.75, 3.05) is 10.0 Å². The molecule has 10 heteroatoms. The van der Waals surface area contributed by atoms with Crippen LogP contribution in [-0.4, -0.2) is 24.5 Å². The number of sulfonamides is 1. The number of nitrogens with zero attached hydrogens (tertiary/aromatic N) is 2. The third-order valence-corrected chi connectivity index (χ3v) is 6.48. The molecule has 3 aromatic rings. The Morgan fingerprint density at radius 3 is 2.33 bits per heavy atom. The van der Waals surface area contributed by atoms with Crippen molar-refractivity contribution in [3.63, 3.8) is 0 Å². The molecule has 8 nitrogen and oxygen atoms in total. The van der Waals surface area contributed by atoms with Crippen LogP contribution in [0.1, 0.15) is 26.3 Å². The summed E-state index contributed by atoms with van der Waals surface area (Å²) in [5.74, 6) is 0.339. The van der Waals surface area contributed by atoms with E-state index in [1.165, 1.54) is 0 Å². The molecule has 1 amide bonds. The quantitative estimate of drug-likeness (QED) is 0.533. The van der Waals surface area contributed by atoms with Gasteiger partial charge in [-0.3, -0.25) is 9.52 Å². The number of ether oxygens (including phenoxy) is 1. The van der Waals surface area contributed by atoms with Gasteiger partial charge in [0.2, 0.25) is 11.0 Å². The van der Waals surface area contributed by atoms with Gasteiger partial charge in [-0.2, -0.15) is 8.42 Å². The Kier molecular flexibility index (Phi) is 6.37. The van der Waals surface area contributed by atoms with Gasteiger partial charge in [-0.05, 0) is 29.8 Å². The predicted octanol–water partition coefficient (Wildman–Crippen LogP) is 3.90. The Morgan fingerprint density at radius 1 is 1.03 bits per heavy atom. The molecule has 2 aromatic carbocycles. The number of amides is 1. The number of nitrogens with one attached hydrogen (secondary N) is 2. The van der Waals surface area contributed by atoms with Crippen molar-refractivity contribution in [1.82, 2.24) is 10.2 Å². The Bertz CT molecular complexity index is 1110. The van der Waals surface area contributed by atoms with Crippen LogP contribution in [0.4, 0.5) is 10.8 Å². The van der Waals surface area contributed by atoms with Crippen molar-refractivity contribution >= 4 is 38.1 Å². The maximum absolute atomic E-state index is 12.5. The number of carbonyl (C=O) groups is 1. The van der Waals surface area contributed by atoms with Crippen molar-refractivity contribution in [3.05, 3.63) is 60.2 Å². The summed E-state index contributed by atoms with van der Waals surface area (Å²) in [5, 5.41) is 10.1. The lowest BCUT2D eigenvalue weighted by Gasteiger charge is -2.15. The van der Waals surface area contributed by atoms with Gasteiger partial charge in [-0.1, -0.05) is 62.4 Å². The van der Waals surface area contributed by atoms with Crippen LogP contribution >= 0.6 is 11.3 Å². The molecule has 0 atom stereocenters. The standard InChI is InChI=1S/C20H22N4O4S2/c1-20(2,3)17(25)21-18-22-23-19(29-18)30(26,27)24-15-9-11-16(12-10-15)28-13-14-7-5-4-6-8-14/h4-12,24H,13H2,1-3H3,(H,21,22,25). The van der Waals surface area contributed by atoms with E-state index in [-0.39, 0.29) is 15.4 Å². The molecule has 158 valence electrons. The highest BCUT2D eigenvalue weighted by Crippen LogP contribution is 2.25. The van der Waals surface area contributed by atoms with Gasteiger partial charge in [0.05, 0.1) is 0 Å². The van der Waals surface area contributed by atoms with E-state index in [1.54, 1.807) is 45.0 Å². The summed E-state index contributed by atoms with van der Waals surface area (Å²) < 4.78 is 33.0. The molecule has 0 aliphatic carbocycles. The highest BCUT2D eigenvalue weighted by atomic mass is 32.2. The van der Waals surface area contributed by atoms with Crippen molar-refractivity contribution in [2.24, 2.45) is 5.41 Å². The van der Waals surface area contributed by atoms with Crippen molar-refractivity contribution in [2.45, 2.75) is 31.7 Å². The van der Waals surface area contributed by atoms with Crippen LogP contribution in [0.25, 0.3) is 0 Å². The van der Waals surface area contributed by atoms with Crippen LogP contribution in [0.3, 0.4) is 0 Å². The number of anilines is 2. The zero-order valence-electron chi connectivity index (χ0n) is 16.7. The number of aromatic nitrogens is 2. The van der Waals surface area contributed by atoms with Gasteiger partial charge >= 0.3 is 0 Å². The molecule has 0 aliphatic rings. The molecular weight excluding hydrogens is 424 g/mol. The first-order valence-electron chi connectivity index (χ1n) is 9.08. The van der Waals surface area contributed by atoms with Gasteiger partial charge < -0.3 is 10.1 Å². The van der Waals surface area contributed by atoms with Gasteiger partial charge in [-0.15, -0.1) is 10.2 Å². The lowest BCUT2D eigenvalue weighted by atomic mass is 9.96. The SMILES string of the molecule is CC(C)(C)C(=O)Nc1nnc(S(=O)(=O)Nc2ccc(OCc3ccccc3)cc2)s1. The van der Waals surface area contributed by atoms with E-state index in [0.29, 0.717) is 18.0 Å². The molecule has 2 N–H and O–H groups in total. The van der Waals surface area contributed by atoms with Crippen LogP contribution in [0.2, 0.25) is 0 Å². The maximum Gasteiger partial charge on any atom is 0.291 e. The molecule has 0 spiro atoms. The van der Waals surface area contributed by atoms with Crippen LogP contribution < -0.4 is 14.8 Å². The first-order valence-corrected chi connectivity index (χ1v) is 11.4. The maximum atomic E-state index is 12.5. The summed E-state index contributed by atoms with van der Waals surface area (Å²) in [7, 11) is -3.93. The van der Waals surface area contributed by atoms with Crippen LogP contribution in [0.15, 0.2) is 58.9 Å². The Balaban J connectivity index is 1.62. The van der Waals surface area contributed by atoms with E-state index in [9.17, 15) is 13.2 Å². The van der Waals surface area contributed by atoms with E-state index >= 15 is 0 Å². The highest BCUT2D eigenvalue weighted by molar-refractivity contribution is 7.94. The van der Waals surface area contributed by atoms with Crippen molar-refractivity contribution in [3.8, 4) is 5.75 Å². The molecule has 1 heterocycles. The molecular formula is C20H22N4O4S2. The van der Waals surface area contributed by atoms with Gasteiger partial charge in [-0.25, -0.2) is 0 Å². The monoisotopic (exact) mass is 446 g/mol. The molecule has 0 unspecified atom stereocenters. The zero-order chi connectivity index (χ0) is 21.8. The molecule has 3 rings (SSSR count). The van der Waals surface area contributed by atoms with Crippen LogP contribution in [0, 0.1) is 5.41 Å². The van der Waals surface area contributed by atoms with Gasteiger partial charge in [0, 0.05) is 11.1 Å². The summed E-state index contributed by atoms with van der Waals surface area (Å²) >= 11 is 0.783. The third kappa shape index (κ3) is 5.77. The zero-order valence-corrected chi connectivity index (χ0v) is 18.4. The second-order valence-electron chi connectivity index (χ2n) is 7.48. The summed E-state index contributed by atoms with van der Waals surface area (Å²) in [4.78, 5) is 12.0. The fourth-order valence-corrected chi connectivity index (χ4v) is 4.17.